The molecule has 5 nitrogen and oxygen atoms in total. The van der Waals surface area contributed by atoms with E-state index in [1.54, 1.807) is 13.1 Å². The summed E-state index contributed by atoms with van der Waals surface area (Å²) < 4.78 is 31.4. The average molecular weight is 379 g/mol. The Hall–Kier alpha value is -1.60. The zero-order valence-electron chi connectivity index (χ0n) is 17.7. The molecule has 1 saturated heterocycles. The normalized spacial score (nSPS) is 18.5. The first-order valence-electron chi connectivity index (χ1n) is 9.30. The van der Waals surface area contributed by atoms with Crippen LogP contribution in [-0.4, -0.2) is 48.5 Å². The third kappa shape index (κ3) is 5.23. The minimum absolute atomic E-state index is 0.329. The van der Waals surface area contributed by atoms with E-state index in [-0.39, 0.29) is 5.82 Å². The van der Waals surface area contributed by atoms with E-state index in [2.05, 4.69) is 0 Å². The molecule has 0 aromatic heterocycles. The SMILES string of the molecule is CN(CCc1cc(F)ccc1B1OC(C)(C)C(C)(C)O1)C(=O)OC(C)(C)C. The Kier molecular flexibility index (Phi) is 5.98. The molecule has 27 heavy (non-hydrogen) atoms. The number of rotatable bonds is 4. The Balaban J connectivity index is 2.14. The second-order valence-electron chi connectivity index (χ2n) is 9.08. The largest absolute Gasteiger partial charge is 0.495 e. The van der Waals surface area contributed by atoms with Crippen LogP contribution in [0.25, 0.3) is 0 Å². The van der Waals surface area contributed by atoms with Crippen LogP contribution in [0.15, 0.2) is 18.2 Å². The molecular formula is C20H31BFNO4. The van der Waals surface area contributed by atoms with Crippen molar-refractivity contribution in [2.45, 2.75) is 71.7 Å². The van der Waals surface area contributed by atoms with Gasteiger partial charge in [-0.15, -0.1) is 0 Å². The molecule has 0 atom stereocenters. The second-order valence-corrected chi connectivity index (χ2v) is 9.08. The zero-order chi connectivity index (χ0) is 20.6. The van der Waals surface area contributed by atoms with E-state index < -0.39 is 30.0 Å². The van der Waals surface area contributed by atoms with Crippen LogP contribution in [-0.2, 0) is 20.5 Å². The molecule has 1 aliphatic heterocycles. The summed E-state index contributed by atoms with van der Waals surface area (Å²) in [5.74, 6) is -0.329. The Morgan fingerprint density at radius 3 is 2.26 bits per heavy atom. The first-order chi connectivity index (χ1) is 12.2. The average Bonchev–Trinajstić information content (AvgIpc) is 2.71. The molecule has 1 aliphatic rings. The van der Waals surface area contributed by atoms with E-state index >= 15 is 0 Å². The molecule has 1 amide bonds. The molecule has 0 N–H and O–H groups in total. The summed E-state index contributed by atoms with van der Waals surface area (Å²) in [5, 5.41) is 0. The highest BCUT2D eigenvalue weighted by Crippen LogP contribution is 2.36. The Bertz CT molecular complexity index is 684. The molecule has 0 radical (unpaired) electrons. The highest BCUT2D eigenvalue weighted by Gasteiger charge is 2.52. The predicted molar refractivity (Wildman–Crippen MR) is 105 cm³/mol. The Morgan fingerprint density at radius 2 is 1.74 bits per heavy atom. The summed E-state index contributed by atoms with van der Waals surface area (Å²) in [7, 11) is 1.10. The van der Waals surface area contributed by atoms with Crippen LogP contribution < -0.4 is 5.46 Å². The van der Waals surface area contributed by atoms with Gasteiger partial charge in [0, 0.05) is 13.6 Å². The van der Waals surface area contributed by atoms with E-state index in [9.17, 15) is 9.18 Å². The maximum absolute atomic E-state index is 13.9. The lowest BCUT2D eigenvalue weighted by Gasteiger charge is -2.32. The van der Waals surface area contributed by atoms with Crippen molar-refractivity contribution in [3.05, 3.63) is 29.6 Å². The lowest BCUT2D eigenvalue weighted by molar-refractivity contribution is 0.00578. The van der Waals surface area contributed by atoms with Crippen LogP contribution in [0.2, 0.25) is 0 Å². The van der Waals surface area contributed by atoms with Gasteiger partial charge in [-0.25, -0.2) is 9.18 Å². The highest BCUT2D eigenvalue weighted by molar-refractivity contribution is 6.62. The fourth-order valence-corrected chi connectivity index (χ4v) is 2.71. The number of halogens is 1. The lowest BCUT2D eigenvalue weighted by Crippen LogP contribution is -2.41. The predicted octanol–water partition coefficient (Wildman–Crippen LogP) is 3.53. The molecule has 1 fully saturated rings. The molecule has 0 bridgehead atoms. The summed E-state index contributed by atoms with van der Waals surface area (Å²) in [5.41, 5.74) is 0.0298. The van der Waals surface area contributed by atoms with Gasteiger partial charge < -0.3 is 18.9 Å². The zero-order valence-corrected chi connectivity index (χ0v) is 17.7. The van der Waals surface area contributed by atoms with Crippen LogP contribution in [0.5, 0.6) is 0 Å². The number of hydrogen-bond acceptors (Lipinski definition) is 4. The number of nitrogens with zero attached hydrogens (tertiary/aromatic N) is 1. The minimum Gasteiger partial charge on any atom is -0.444 e. The number of carbonyl (C=O) groups excluding carboxylic acids is 1. The molecule has 0 unspecified atom stereocenters. The van der Waals surface area contributed by atoms with Crippen molar-refractivity contribution < 1.29 is 23.2 Å². The molecule has 150 valence electrons. The van der Waals surface area contributed by atoms with Crippen LogP contribution in [0.1, 0.15) is 54.0 Å². The van der Waals surface area contributed by atoms with Gasteiger partial charge in [0.2, 0.25) is 0 Å². The number of carbonyl (C=O) groups is 1. The fourth-order valence-electron chi connectivity index (χ4n) is 2.71. The lowest BCUT2D eigenvalue weighted by atomic mass is 9.75. The Labute approximate surface area is 162 Å². The standard InChI is InChI=1S/C20H31BFNO4/c1-18(2,3)25-17(24)23(8)12-11-14-13-15(22)9-10-16(14)21-26-19(4,5)20(6,7)27-21/h9-10,13H,11-12H2,1-8H3. The maximum Gasteiger partial charge on any atom is 0.495 e. The molecule has 1 heterocycles. The smallest absolute Gasteiger partial charge is 0.444 e. The maximum atomic E-state index is 13.9. The van der Waals surface area contributed by atoms with Crippen LogP contribution in [0, 0.1) is 5.82 Å². The van der Waals surface area contributed by atoms with Crippen molar-refractivity contribution in [3.63, 3.8) is 0 Å². The molecule has 2 rings (SSSR count). The van der Waals surface area contributed by atoms with E-state index in [1.807, 2.05) is 48.5 Å². The minimum atomic E-state index is -0.572. The third-order valence-electron chi connectivity index (χ3n) is 5.03. The van der Waals surface area contributed by atoms with E-state index in [4.69, 9.17) is 14.0 Å². The number of likely N-dealkylation sites (N-methyl/N-ethyl adjacent to an activating group) is 1. The summed E-state index contributed by atoms with van der Waals surface area (Å²) in [6, 6.07) is 4.57. The van der Waals surface area contributed by atoms with Crippen LogP contribution in [0.4, 0.5) is 9.18 Å². The van der Waals surface area contributed by atoms with E-state index in [1.165, 1.54) is 17.0 Å². The first-order valence-corrected chi connectivity index (χ1v) is 9.30. The fraction of sp³-hybridized carbons (Fsp3) is 0.650. The number of amides is 1. The van der Waals surface area contributed by atoms with Gasteiger partial charge in [0.15, 0.2) is 0 Å². The van der Waals surface area contributed by atoms with Gasteiger partial charge in [-0.1, -0.05) is 6.07 Å². The third-order valence-corrected chi connectivity index (χ3v) is 5.03. The van der Waals surface area contributed by atoms with Gasteiger partial charge in [-0.2, -0.15) is 0 Å². The van der Waals surface area contributed by atoms with E-state index in [0.717, 1.165) is 11.0 Å². The van der Waals surface area contributed by atoms with Crippen LogP contribution >= 0.6 is 0 Å². The highest BCUT2D eigenvalue weighted by atomic mass is 19.1. The van der Waals surface area contributed by atoms with Crippen molar-refractivity contribution in [1.29, 1.82) is 0 Å². The summed E-state index contributed by atoms with van der Waals surface area (Å²) in [6.07, 6.45) is 0.0588. The molecule has 1 aromatic rings. The van der Waals surface area contributed by atoms with Gasteiger partial charge in [-0.3, -0.25) is 0 Å². The summed E-state index contributed by atoms with van der Waals surface area (Å²) in [4.78, 5) is 13.6. The number of hydrogen-bond donors (Lipinski definition) is 0. The second kappa shape index (κ2) is 7.43. The molecular weight excluding hydrogens is 348 g/mol. The van der Waals surface area contributed by atoms with Gasteiger partial charge in [0.1, 0.15) is 11.4 Å². The van der Waals surface area contributed by atoms with Crippen molar-refractivity contribution in [2.24, 2.45) is 0 Å². The molecule has 1 aromatic carbocycles. The van der Waals surface area contributed by atoms with Gasteiger partial charge >= 0.3 is 13.2 Å². The summed E-state index contributed by atoms with van der Waals surface area (Å²) in [6.45, 7) is 13.8. The van der Waals surface area contributed by atoms with Crippen molar-refractivity contribution in [2.75, 3.05) is 13.6 Å². The summed E-state index contributed by atoms with van der Waals surface area (Å²) >= 11 is 0. The topological polar surface area (TPSA) is 48.0 Å². The van der Waals surface area contributed by atoms with Gasteiger partial charge in [0.25, 0.3) is 0 Å². The van der Waals surface area contributed by atoms with Crippen molar-refractivity contribution in [3.8, 4) is 0 Å². The van der Waals surface area contributed by atoms with Crippen molar-refractivity contribution in [1.82, 2.24) is 4.90 Å². The molecule has 7 heteroatoms. The quantitative estimate of drug-likeness (QED) is 0.751. The first kappa shape index (κ1) is 21.7. The van der Waals surface area contributed by atoms with Gasteiger partial charge in [-0.05, 0) is 78.0 Å². The van der Waals surface area contributed by atoms with Crippen molar-refractivity contribution >= 4 is 18.7 Å². The van der Waals surface area contributed by atoms with E-state index in [0.29, 0.717) is 13.0 Å². The monoisotopic (exact) mass is 379 g/mol. The molecule has 0 aliphatic carbocycles. The number of benzene rings is 1. The number of ether oxygens (including phenoxy) is 1. The molecule has 0 saturated carbocycles. The molecule has 0 spiro atoms. The Morgan fingerprint density at radius 1 is 1.19 bits per heavy atom. The van der Waals surface area contributed by atoms with Crippen LogP contribution in [0.3, 0.4) is 0 Å². The van der Waals surface area contributed by atoms with Gasteiger partial charge in [0.05, 0.1) is 11.2 Å².